The highest BCUT2D eigenvalue weighted by Crippen LogP contribution is 2.27. The van der Waals surface area contributed by atoms with Crippen molar-refractivity contribution in [2.24, 2.45) is 7.05 Å². The standard InChI is InChI=1S/C18H25ClN4O2S/c1-4-25-15-6-11-26-16(15)18(24)23-8-5-7-22(9-10-23)12-14-13(2)20-21(3)17(14)19/h6,11H,4-5,7-10,12H2,1-3H3. The van der Waals surface area contributed by atoms with Crippen molar-refractivity contribution >= 4 is 28.8 Å². The van der Waals surface area contributed by atoms with Crippen LogP contribution in [0.25, 0.3) is 0 Å². The molecule has 0 atom stereocenters. The van der Waals surface area contributed by atoms with Crippen molar-refractivity contribution < 1.29 is 9.53 Å². The van der Waals surface area contributed by atoms with E-state index in [4.69, 9.17) is 16.3 Å². The molecule has 0 bridgehead atoms. The number of amides is 1. The van der Waals surface area contributed by atoms with Gasteiger partial charge < -0.3 is 9.64 Å². The van der Waals surface area contributed by atoms with Gasteiger partial charge in [0.15, 0.2) is 0 Å². The summed E-state index contributed by atoms with van der Waals surface area (Å²) in [7, 11) is 1.86. The molecule has 0 spiro atoms. The summed E-state index contributed by atoms with van der Waals surface area (Å²) in [6, 6.07) is 1.87. The SMILES string of the molecule is CCOc1ccsc1C(=O)N1CCCN(Cc2c(C)nn(C)c2Cl)CC1. The second kappa shape index (κ2) is 8.41. The van der Waals surface area contributed by atoms with Gasteiger partial charge in [-0.1, -0.05) is 11.6 Å². The lowest BCUT2D eigenvalue weighted by Gasteiger charge is -2.22. The van der Waals surface area contributed by atoms with Gasteiger partial charge in [0.05, 0.1) is 12.3 Å². The van der Waals surface area contributed by atoms with Crippen LogP contribution in [0.5, 0.6) is 5.75 Å². The first-order valence-electron chi connectivity index (χ1n) is 8.91. The average Bonchev–Trinajstić information content (AvgIpc) is 3.06. The second-order valence-corrected chi connectivity index (χ2v) is 7.72. The minimum Gasteiger partial charge on any atom is -0.492 e. The summed E-state index contributed by atoms with van der Waals surface area (Å²) in [6.07, 6.45) is 0.942. The zero-order valence-electron chi connectivity index (χ0n) is 15.5. The molecule has 0 radical (unpaired) electrons. The highest BCUT2D eigenvalue weighted by molar-refractivity contribution is 7.12. The Kier molecular flexibility index (Phi) is 6.21. The highest BCUT2D eigenvalue weighted by atomic mass is 35.5. The van der Waals surface area contributed by atoms with E-state index >= 15 is 0 Å². The van der Waals surface area contributed by atoms with Gasteiger partial charge in [0.25, 0.3) is 5.91 Å². The van der Waals surface area contributed by atoms with Crippen LogP contribution in [0.3, 0.4) is 0 Å². The summed E-state index contributed by atoms with van der Waals surface area (Å²) in [5.74, 6) is 0.766. The van der Waals surface area contributed by atoms with E-state index in [9.17, 15) is 4.79 Å². The number of rotatable bonds is 5. The Labute approximate surface area is 163 Å². The summed E-state index contributed by atoms with van der Waals surface area (Å²) < 4.78 is 7.29. The van der Waals surface area contributed by atoms with Crippen LogP contribution in [0, 0.1) is 6.92 Å². The van der Waals surface area contributed by atoms with Crippen molar-refractivity contribution in [1.82, 2.24) is 19.6 Å². The molecule has 3 heterocycles. The van der Waals surface area contributed by atoms with Gasteiger partial charge in [-0.2, -0.15) is 5.10 Å². The van der Waals surface area contributed by atoms with Crippen LogP contribution in [0.1, 0.15) is 34.3 Å². The van der Waals surface area contributed by atoms with E-state index in [1.165, 1.54) is 11.3 Å². The Balaban J connectivity index is 1.64. The minimum absolute atomic E-state index is 0.0703. The molecule has 2 aromatic rings. The van der Waals surface area contributed by atoms with Crippen LogP contribution in [-0.4, -0.2) is 58.3 Å². The van der Waals surface area contributed by atoms with E-state index in [-0.39, 0.29) is 5.91 Å². The molecule has 0 N–H and O–H groups in total. The molecule has 8 heteroatoms. The smallest absolute Gasteiger partial charge is 0.267 e. The maximum absolute atomic E-state index is 12.9. The van der Waals surface area contributed by atoms with Crippen molar-refractivity contribution in [3.05, 3.63) is 32.7 Å². The number of carbonyl (C=O) groups is 1. The van der Waals surface area contributed by atoms with Crippen molar-refractivity contribution in [2.75, 3.05) is 32.8 Å². The van der Waals surface area contributed by atoms with Crippen LogP contribution in [0.2, 0.25) is 5.15 Å². The van der Waals surface area contributed by atoms with E-state index in [1.807, 2.05) is 37.2 Å². The zero-order valence-corrected chi connectivity index (χ0v) is 17.1. The maximum atomic E-state index is 12.9. The van der Waals surface area contributed by atoms with Crippen LogP contribution >= 0.6 is 22.9 Å². The van der Waals surface area contributed by atoms with Gasteiger partial charge >= 0.3 is 0 Å². The molecule has 0 unspecified atom stereocenters. The number of halogens is 1. The van der Waals surface area contributed by atoms with Crippen LogP contribution in [0.4, 0.5) is 0 Å². The number of ether oxygens (including phenoxy) is 1. The first kappa shape index (κ1) is 19.2. The quantitative estimate of drug-likeness (QED) is 0.778. The van der Waals surface area contributed by atoms with Gasteiger partial charge in [-0.05, 0) is 31.7 Å². The van der Waals surface area contributed by atoms with Crippen LogP contribution in [-0.2, 0) is 13.6 Å². The molecule has 0 aromatic carbocycles. The Morgan fingerprint density at radius 3 is 2.85 bits per heavy atom. The van der Waals surface area contributed by atoms with E-state index in [1.54, 1.807) is 4.68 Å². The van der Waals surface area contributed by atoms with Gasteiger partial charge in [-0.25, -0.2) is 0 Å². The third-order valence-electron chi connectivity index (χ3n) is 4.65. The monoisotopic (exact) mass is 396 g/mol. The van der Waals surface area contributed by atoms with Gasteiger partial charge in [-0.15, -0.1) is 11.3 Å². The first-order chi connectivity index (χ1) is 12.5. The summed E-state index contributed by atoms with van der Waals surface area (Å²) >= 11 is 7.81. The molecule has 26 heavy (non-hydrogen) atoms. The highest BCUT2D eigenvalue weighted by Gasteiger charge is 2.25. The summed E-state index contributed by atoms with van der Waals surface area (Å²) in [4.78, 5) is 17.9. The minimum atomic E-state index is 0.0703. The normalized spacial score (nSPS) is 15.9. The third-order valence-corrected chi connectivity index (χ3v) is 6.01. The average molecular weight is 397 g/mol. The first-order valence-corrected chi connectivity index (χ1v) is 10.2. The van der Waals surface area contributed by atoms with Gasteiger partial charge in [-0.3, -0.25) is 14.4 Å². The molecule has 1 aliphatic heterocycles. The van der Waals surface area contributed by atoms with Crippen molar-refractivity contribution in [1.29, 1.82) is 0 Å². The van der Waals surface area contributed by atoms with Gasteiger partial charge in [0, 0.05) is 45.3 Å². The largest absolute Gasteiger partial charge is 0.492 e. The lowest BCUT2D eigenvalue weighted by atomic mass is 10.2. The maximum Gasteiger partial charge on any atom is 0.267 e. The lowest BCUT2D eigenvalue weighted by Crippen LogP contribution is -2.35. The molecule has 1 fully saturated rings. The molecule has 2 aromatic heterocycles. The zero-order chi connectivity index (χ0) is 18.7. The Bertz CT molecular complexity index is 773. The van der Waals surface area contributed by atoms with Crippen molar-refractivity contribution in [2.45, 2.75) is 26.8 Å². The Morgan fingerprint density at radius 2 is 2.15 bits per heavy atom. The van der Waals surface area contributed by atoms with E-state index < -0.39 is 0 Å². The number of hydrogen-bond acceptors (Lipinski definition) is 5. The molecule has 1 saturated heterocycles. The van der Waals surface area contributed by atoms with E-state index in [0.29, 0.717) is 28.9 Å². The molecule has 0 saturated carbocycles. The number of hydrogen-bond donors (Lipinski definition) is 0. The number of nitrogens with zero attached hydrogens (tertiary/aromatic N) is 4. The van der Waals surface area contributed by atoms with Crippen molar-refractivity contribution in [3.8, 4) is 5.75 Å². The molecular weight excluding hydrogens is 372 g/mol. The van der Waals surface area contributed by atoms with E-state index in [0.717, 1.165) is 43.9 Å². The molecule has 6 nitrogen and oxygen atoms in total. The number of carbonyl (C=O) groups excluding carboxylic acids is 1. The number of thiophene rings is 1. The predicted octanol–water partition coefficient (Wildman–Crippen LogP) is 3.19. The topological polar surface area (TPSA) is 50.6 Å². The molecule has 1 aliphatic rings. The van der Waals surface area contributed by atoms with Gasteiger partial charge in [0.1, 0.15) is 15.8 Å². The molecular formula is C18H25ClN4O2S. The Morgan fingerprint density at radius 1 is 1.35 bits per heavy atom. The fourth-order valence-corrected chi connectivity index (χ4v) is 4.31. The molecule has 1 amide bonds. The second-order valence-electron chi connectivity index (χ2n) is 6.45. The Hall–Kier alpha value is -1.57. The fraction of sp³-hybridized carbons (Fsp3) is 0.556. The number of aryl methyl sites for hydroxylation is 2. The fourth-order valence-electron chi connectivity index (χ4n) is 3.28. The van der Waals surface area contributed by atoms with Gasteiger partial charge in [0.2, 0.25) is 0 Å². The number of aromatic nitrogens is 2. The van der Waals surface area contributed by atoms with E-state index in [2.05, 4.69) is 10.00 Å². The van der Waals surface area contributed by atoms with Crippen molar-refractivity contribution in [3.63, 3.8) is 0 Å². The summed E-state index contributed by atoms with van der Waals surface area (Å²) in [6.45, 7) is 8.49. The third kappa shape index (κ3) is 4.05. The molecule has 142 valence electrons. The predicted molar refractivity (Wildman–Crippen MR) is 104 cm³/mol. The summed E-state index contributed by atoms with van der Waals surface area (Å²) in [5, 5.41) is 6.99. The molecule has 0 aliphatic carbocycles. The summed E-state index contributed by atoms with van der Waals surface area (Å²) in [5.41, 5.74) is 2.04. The molecule has 3 rings (SSSR count). The van der Waals surface area contributed by atoms with Crippen LogP contribution < -0.4 is 4.74 Å². The lowest BCUT2D eigenvalue weighted by molar-refractivity contribution is 0.0762. The van der Waals surface area contributed by atoms with Crippen LogP contribution in [0.15, 0.2) is 11.4 Å².